The van der Waals surface area contributed by atoms with Gasteiger partial charge in [0.1, 0.15) is 12.4 Å². The first kappa shape index (κ1) is 11.7. The number of ether oxygens (including phenoxy) is 1. The lowest BCUT2D eigenvalue weighted by Crippen LogP contribution is -2.14. The number of aromatic nitrogens is 2. The second-order valence-corrected chi connectivity index (χ2v) is 4.39. The van der Waals surface area contributed by atoms with E-state index in [-0.39, 0.29) is 17.8 Å². The molecule has 0 aliphatic heterocycles. The van der Waals surface area contributed by atoms with Crippen LogP contribution in [-0.2, 0) is 16.9 Å². The number of rotatable bonds is 3. The third-order valence-corrected chi connectivity index (χ3v) is 2.02. The van der Waals surface area contributed by atoms with Gasteiger partial charge >= 0.3 is 5.97 Å². The minimum atomic E-state index is -0.991. The Morgan fingerprint density at radius 3 is 2.60 bits per heavy atom. The van der Waals surface area contributed by atoms with Gasteiger partial charge < -0.3 is 9.84 Å². The van der Waals surface area contributed by atoms with Crippen LogP contribution in [0.2, 0.25) is 0 Å². The number of carboxylic acid groups (broad SMARTS) is 1. The van der Waals surface area contributed by atoms with E-state index in [4.69, 9.17) is 9.84 Å². The van der Waals surface area contributed by atoms with Crippen LogP contribution in [0.15, 0.2) is 6.07 Å². The van der Waals surface area contributed by atoms with Crippen LogP contribution in [-0.4, -0.2) is 28.0 Å². The maximum atomic E-state index is 10.9. The SMILES string of the molecule is COCn1nc(C(C)(C)C)cc1C(=O)O. The van der Waals surface area contributed by atoms with Crippen molar-refractivity contribution in [3.05, 3.63) is 17.5 Å². The van der Waals surface area contributed by atoms with Crippen LogP contribution >= 0.6 is 0 Å². The van der Waals surface area contributed by atoms with Crippen LogP contribution < -0.4 is 0 Å². The molecule has 0 aromatic carbocycles. The predicted octanol–water partition coefficient (Wildman–Crippen LogP) is 1.48. The topological polar surface area (TPSA) is 64.4 Å². The number of methoxy groups -OCH3 is 1. The minimum absolute atomic E-state index is 0.151. The largest absolute Gasteiger partial charge is 0.477 e. The number of aromatic carboxylic acids is 1. The summed E-state index contributed by atoms with van der Waals surface area (Å²) in [6.07, 6.45) is 0. The lowest BCUT2D eigenvalue weighted by atomic mass is 9.92. The maximum Gasteiger partial charge on any atom is 0.354 e. The van der Waals surface area contributed by atoms with E-state index in [1.165, 1.54) is 11.8 Å². The summed E-state index contributed by atoms with van der Waals surface area (Å²) in [6.45, 7) is 6.10. The Labute approximate surface area is 88.7 Å². The molecule has 0 saturated heterocycles. The van der Waals surface area contributed by atoms with Gasteiger partial charge in [-0.1, -0.05) is 20.8 Å². The highest BCUT2D eigenvalue weighted by Gasteiger charge is 2.22. The predicted molar refractivity (Wildman–Crippen MR) is 54.9 cm³/mol. The Morgan fingerprint density at radius 2 is 2.20 bits per heavy atom. The maximum absolute atomic E-state index is 10.9. The van der Waals surface area contributed by atoms with Crippen molar-refractivity contribution in [2.75, 3.05) is 7.11 Å². The molecule has 0 fully saturated rings. The Kier molecular flexibility index (Phi) is 3.14. The van der Waals surface area contributed by atoms with Crippen molar-refractivity contribution in [3.63, 3.8) is 0 Å². The molecule has 0 bridgehead atoms. The summed E-state index contributed by atoms with van der Waals surface area (Å²) >= 11 is 0. The summed E-state index contributed by atoms with van der Waals surface area (Å²) in [5.74, 6) is -0.991. The van der Waals surface area contributed by atoms with Crippen molar-refractivity contribution < 1.29 is 14.6 Å². The van der Waals surface area contributed by atoms with E-state index < -0.39 is 5.97 Å². The summed E-state index contributed by atoms with van der Waals surface area (Å²) in [7, 11) is 1.50. The zero-order chi connectivity index (χ0) is 11.6. The number of nitrogens with zero attached hydrogens (tertiary/aromatic N) is 2. The van der Waals surface area contributed by atoms with Crippen molar-refractivity contribution in [3.8, 4) is 0 Å². The molecule has 15 heavy (non-hydrogen) atoms. The molecule has 0 radical (unpaired) electrons. The summed E-state index contributed by atoms with van der Waals surface area (Å²) in [4.78, 5) is 10.9. The Hall–Kier alpha value is -1.36. The van der Waals surface area contributed by atoms with Gasteiger partial charge in [0.2, 0.25) is 0 Å². The molecule has 0 atom stereocenters. The molecule has 5 nitrogen and oxygen atoms in total. The zero-order valence-corrected chi connectivity index (χ0v) is 9.44. The minimum Gasteiger partial charge on any atom is -0.477 e. The van der Waals surface area contributed by atoms with Crippen LogP contribution in [0.1, 0.15) is 37.0 Å². The van der Waals surface area contributed by atoms with Crippen molar-refractivity contribution in [1.82, 2.24) is 9.78 Å². The van der Waals surface area contributed by atoms with Crippen molar-refractivity contribution in [2.24, 2.45) is 0 Å². The van der Waals surface area contributed by atoms with E-state index in [1.54, 1.807) is 6.07 Å². The van der Waals surface area contributed by atoms with E-state index in [0.717, 1.165) is 5.69 Å². The van der Waals surface area contributed by atoms with Crippen LogP contribution in [0.5, 0.6) is 0 Å². The molecule has 0 unspecified atom stereocenters. The van der Waals surface area contributed by atoms with Gasteiger partial charge in [-0.15, -0.1) is 0 Å². The van der Waals surface area contributed by atoms with Gasteiger partial charge in [0.25, 0.3) is 0 Å². The first-order valence-electron chi connectivity index (χ1n) is 4.67. The molecule has 0 spiro atoms. The smallest absolute Gasteiger partial charge is 0.354 e. The molecular formula is C10H16N2O3. The third kappa shape index (κ3) is 2.56. The Bertz CT molecular complexity index is 363. The highest BCUT2D eigenvalue weighted by molar-refractivity contribution is 5.85. The fraction of sp³-hybridized carbons (Fsp3) is 0.600. The van der Waals surface area contributed by atoms with Gasteiger partial charge in [-0.3, -0.25) is 0 Å². The highest BCUT2D eigenvalue weighted by atomic mass is 16.5. The second kappa shape index (κ2) is 4.02. The van der Waals surface area contributed by atoms with Gasteiger partial charge in [-0.05, 0) is 6.07 Å². The fourth-order valence-electron chi connectivity index (χ4n) is 1.18. The number of carboxylic acids is 1. The number of hydrogen-bond donors (Lipinski definition) is 1. The van der Waals surface area contributed by atoms with E-state index in [1.807, 2.05) is 20.8 Å². The monoisotopic (exact) mass is 212 g/mol. The van der Waals surface area contributed by atoms with E-state index in [0.29, 0.717) is 0 Å². The number of hydrogen-bond acceptors (Lipinski definition) is 3. The van der Waals surface area contributed by atoms with Gasteiger partial charge in [0.05, 0.1) is 5.69 Å². The molecule has 1 aromatic heterocycles. The average molecular weight is 212 g/mol. The Morgan fingerprint density at radius 1 is 1.60 bits per heavy atom. The van der Waals surface area contributed by atoms with Crippen molar-refractivity contribution in [2.45, 2.75) is 32.9 Å². The van der Waals surface area contributed by atoms with Gasteiger partial charge in [0, 0.05) is 12.5 Å². The first-order valence-corrected chi connectivity index (χ1v) is 4.67. The van der Waals surface area contributed by atoms with Gasteiger partial charge in [-0.25, -0.2) is 9.48 Å². The van der Waals surface area contributed by atoms with E-state index in [2.05, 4.69) is 5.10 Å². The van der Waals surface area contributed by atoms with E-state index in [9.17, 15) is 4.79 Å². The van der Waals surface area contributed by atoms with Crippen LogP contribution in [0, 0.1) is 0 Å². The molecule has 1 rings (SSSR count). The molecule has 84 valence electrons. The summed E-state index contributed by atoms with van der Waals surface area (Å²) in [6, 6.07) is 1.58. The average Bonchev–Trinajstić information content (AvgIpc) is 2.48. The van der Waals surface area contributed by atoms with Crippen LogP contribution in [0.25, 0.3) is 0 Å². The standard InChI is InChI=1S/C10H16N2O3/c1-10(2,3)8-5-7(9(13)14)12(11-8)6-15-4/h5H,6H2,1-4H3,(H,13,14). The molecule has 0 aliphatic carbocycles. The normalized spacial score (nSPS) is 11.7. The van der Waals surface area contributed by atoms with Gasteiger partial charge in [0.15, 0.2) is 0 Å². The van der Waals surface area contributed by atoms with Crippen molar-refractivity contribution >= 4 is 5.97 Å². The summed E-state index contributed by atoms with van der Waals surface area (Å²) < 4.78 is 6.23. The number of carbonyl (C=O) groups is 1. The molecule has 0 amide bonds. The van der Waals surface area contributed by atoms with Gasteiger partial charge in [-0.2, -0.15) is 5.10 Å². The summed E-state index contributed by atoms with van der Waals surface area (Å²) in [5, 5.41) is 13.2. The first-order chi connectivity index (χ1) is 6.86. The Balaban J connectivity index is 3.15. The lowest BCUT2D eigenvalue weighted by molar-refractivity contribution is 0.0650. The molecule has 0 aliphatic rings. The zero-order valence-electron chi connectivity index (χ0n) is 9.44. The highest BCUT2D eigenvalue weighted by Crippen LogP contribution is 2.21. The van der Waals surface area contributed by atoms with Crippen molar-refractivity contribution in [1.29, 1.82) is 0 Å². The molecule has 1 N–H and O–H groups in total. The molecule has 0 saturated carbocycles. The summed E-state index contributed by atoms with van der Waals surface area (Å²) in [5.41, 5.74) is 0.738. The lowest BCUT2D eigenvalue weighted by Gasteiger charge is -2.14. The molecular weight excluding hydrogens is 196 g/mol. The molecule has 1 aromatic rings. The van der Waals surface area contributed by atoms with Crippen LogP contribution in [0.3, 0.4) is 0 Å². The molecule has 1 heterocycles. The third-order valence-electron chi connectivity index (χ3n) is 2.02. The second-order valence-electron chi connectivity index (χ2n) is 4.39. The fourth-order valence-corrected chi connectivity index (χ4v) is 1.18. The quantitative estimate of drug-likeness (QED) is 0.824. The molecule has 5 heteroatoms. The van der Waals surface area contributed by atoms with Crippen LogP contribution in [0.4, 0.5) is 0 Å². The van der Waals surface area contributed by atoms with E-state index >= 15 is 0 Å².